The maximum Gasteiger partial charge on any atom is 0.418 e. The first kappa shape index (κ1) is 10.5. The predicted octanol–water partition coefficient (Wildman–Crippen LogP) is 3.04. The Kier molecular flexibility index (Phi) is 3.30. The van der Waals surface area contributed by atoms with E-state index in [9.17, 15) is 13.2 Å². The number of aromatic nitrogens is 1. The number of aryl methyl sites for hydroxylation is 1. The van der Waals surface area contributed by atoms with Crippen molar-refractivity contribution < 1.29 is 13.2 Å². The number of rotatable bonds is 2. The van der Waals surface area contributed by atoms with Crippen LogP contribution in [-0.2, 0) is 12.6 Å². The van der Waals surface area contributed by atoms with Crippen LogP contribution < -0.4 is 0 Å². The zero-order valence-corrected chi connectivity index (χ0v) is 8.19. The molecule has 0 aliphatic carbocycles. The predicted molar refractivity (Wildman–Crippen MR) is 46.7 cm³/mol. The Bertz CT molecular complexity index is 285. The van der Waals surface area contributed by atoms with Gasteiger partial charge in [-0.25, -0.2) is 0 Å². The third-order valence-corrected chi connectivity index (χ3v) is 1.98. The highest BCUT2D eigenvalue weighted by Crippen LogP contribution is 2.31. The Labute approximate surface area is 82.1 Å². The normalized spacial score (nSPS) is 11.7. The van der Waals surface area contributed by atoms with Crippen molar-refractivity contribution in [3.63, 3.8) is 0 Å². The molecule has 0 radical (unpaired) electrons. The van der Waals surface area contributed by atoms with Crippen molar-refractivity contribution in [3.8, 4) is 0 Å². The van der Waals surface area contributed by atoms with Gasteiger partial charge in [0.15, 0.2) is 0 Å². The summed E-state index contributed by atoms with van der Waals surface area (Å²) in [5.74, 6) is 0. The van der Waals surface area contributed by atoms with E-state index in [1.165, 1.54) is 12.3 Å². The standard InChI is InChI=1S/C8H7BrF3N/c9-3-1-6-2-4-13-5-7(6)8(10,11)12/h2,4-5H,1,3H2. The molecule has 0 amide bonds. The van der Waals surface area contributed by atoms with Gasteiger partial charge in [-0.1, -0.05) is 15.9 Å². The number of nitrogens with zero attached hydrogens (tertiary/aromatic N) is 1. The summed E-state index contributed by atoms with van der Waals surface area (Å²) in [6, 6.07) is 1.39. The number of pyridine rings is 1. The van der Waals surface area contributed by atoms with Gasteiger partial charge in [-0.3, -0.25) is 4.98 Å². The second-order valence-electron chi connectivity index (χ2n) is 2.47. The van der Waals surface area contributed by atoms with Crippen LogP contribution in [0.5, 0.6) is 0 Å². The van der Waals surface area contributed by atoms with Gasteiger partial charge in [0, 0.05) is 17.7 Å². The largest absolute Gasteiger partial charge is 0.418 e. The number of hydrogen-bond acceptors (Lipinski definition) is 1. The molecule has 72 valence electrons. The lowest BCUT2D eigenvalue weighted by atomic mass is 10.1. The molecule has 5 heteroatoms. The first-order valence-electron chi connectivity index (χ1n) is 3.61. The van der Waals surface area contributed by atoms with Crippen molar-refractivity contribution >= 4 is 15.9 Å². The Hall–Kier alpha value is -0.580. The molecule has 1 heterocycles. The molecule has 0 spiro atoms. The third kappa shape index (κ3) is 2.69. The molecular formula is C8H7BrF3N. The number of hydrogen-bond donors (Lipinski definition) is 0. The molecule has 1 nitrogen and oxygen atoms in total. The summed E-state index contributed by atoms with van der Waals surface area (Å²) in [6.45, 7) is 0. The van der Waals surface area contributed by atoms with Crippen molar-refractivity contribution in [2.75, 3.05) is 5.33 Å². The van der Waals surface area contributed by atoms with E-state index in [1.807, 2.05) is 0 Å². The van der Waals surface area contributed by atoms with E-state index in [2.05, 4.69) is 20.9 Å². The molecule has 1 aromatic rings. The van der Waals surface area contributed by atoms with Gasteiger partial charge >= 0.3 is 6.18 Å². The van der Waals surface area contributed by atoms with Crippen molar-refractivity contribution in [1.29, 1.82) is 0 Å². The summed E-state index contributed by atoms with van der Waals surface area (Å²) >= 11 is 3.10. The molecule has 0 aliphatic heterocycles. The monoisotopic (exact) mass is 253 g/mol. The summed E-state index contributed by atoms with van der Waals surface area (Å²) in [7, 11) is 0. The summed E-state index contributed by atoms with van der Waals surface area (Å²) in [5, 5.41) is 0.514. The lowest BCUT2D eigenvalue weighted by Gasteiger charge is -2.10. The molecular weight excluding hydrogens is 247 g/mol. The zero-order valence-electron chi connectivity index (χ0n) is 6.61. The molecule has 0 fully saturated rings. The molecule has 0 aliphatic rings. The Morgan fingerprint density at radius 2 is 2.08 bits per heavy atom. The van der Waals surface area contributed by atoms with Crippen molar-refractivity contribution in [1.82, 2.24) is 4.98 Å². The SMILES string of the molecule is FC(F)(F)c1cnccc1CCBr. The van der Waals surface area contributed by atoms with Crippen molar-refractivity contribution in [2.45, 2.75) is 12.6 Å². The number of halogens is 4. The Morgan fingerprint density at radius 3 is 2.62 bits per heavy atom. The Morgan fingerprint density at radius 1 is 1.38 bits per heavy atom. The molecule has 0 unspecified atom stereocenters. The molecule has 1 aromatic heterocycles. The highest BCUT2D eigenvalue weighted by molar-refractivity contribution is 9.09. The fourth-order valence-corrected chi connectivity index (χ4v) is 1.43. The van der Waals surface area contributed by atoms with Gasteiger partial charge in [0.25, 0.3) is 0 Å². The lowest BCUT2D eigenvalue weighted by molar-refractivity contribution is -0.138. The highest BCUT2D eigenvalue weighted by Gasteiger charge is 2.33. The molecule has 13 heavy (non-hydrogen) atoms. The smallest absolute Gasteiger partial charge is 0.264 e. The van der Waals surface area contributed by atoms with Gasteiger partial charge in [-0.15, -0.1) is 0 Å². The molecule has 0 bridgehead atoms. The van der Waals surface area contributed by atoms with Crippen LogP contribution >= 0.6 is 15.9 Å². The first-order valence-corrected chi connectivity index (χ1v) is 4.74. The van der Waals surface area contributed by atoms with Gasteiger partial charge < -0.3 is 0 Å². The molecule has 0 aromatic carbocycles. The maximum absolute atomic E-state index is 12.3. The van der Waals surface area contributed by atoms with E-state index in [0.717, 1.165) is 6.20 Å². The summed E-state index contributed by atoms with van der Waals surface area (Å²) in [5.41, 5.74) is -0.367. The maximum atomic E-state index is 12.3. The quantitative estimate of drug-likeness (QED) is 0.739. The summed E-state index contributed by atoms with van der Waals surface area (Å²) in [6.07, 6.45) is -1.71. The molecule has 0 atom stereocenters. The average molecular weight is 254 g/mol. The van der Waals surface area contributed by atoms with Crippen LogP contribution in [0.3, 0.4) is 0 Å². The lowest BCUT2D eigenvalue weighted by Crippen LogP contribution is -2.09. The van der Waals surface area contributed by atoms with Gasteiger partial charge in [0.2, 0.25) is 0 Å². The van der Waals surface area contributed by atoms with Crippen molar-refractivity contribution in [2.24, 2.45) is 0 Å². The van der Waals surface area contributed by atoms with Crippen LogP contribution in [0.1, 0.15) is 11.1 Å². The molecule has 0 N–H and O–H groups in total. The van der Waals surface area contributed by atoms with Gasteiger partial charge in [0.1, 0.15) is 0 Å². The minimum Gasteiger partial charge on any atom is -0.264 e. The van der Waals surface area contributed by atoms with Gasteiger partial charge in [-0.05, 0) is 18.1 Å². The Balaban J connectivity index is 3.05. The molecule has 0 saturated heterocycles. The first-order chi connectivity index (χ1) is 6.05. The zero-order chi connectivity index (χ0) is 9.90. The summed E-state index contributed by atoms with van der Waals surface area (Å²) in [4.78, 5) is 3.46. The van der Waals surface area contributed by atoms with Crippen LogP contribution in [0.2, 0.25) is 0 Å². The average Bonchev–Trinajstić information content (AvgIpc) is 2.04. The molecule has 0 saturated carbocycles. The van der Waals surface area contributed by atoms with Gasteiger partial charge in [0.05, 0.1) is 5.56 Å². The van der Waals surface area contributed by atoms with E-state index in [-0.39, 0.29) is 5.56 Å². The van der Waals surface area contributed by atoms with Crippen molar-refractivity contribution in [3.05, 3.63) is 29.6 Å². The van der Waals surface area contributed by atoms with E-state index in [1.54, 1.807) is 0 Å². The van der Waals surface area contributed by atoms with Gasteiger partial charge in [-0.2, -0.15) is 13.2 Å². The van der Waals surface area contributed by atoms with Crippen LogP contribution in [0.15, 0.2) is 18.5 Å². The molecule has 1 rings (SSSR count). The minimum absolute atomic E-state index is 0.277. The third-order valence-electron chi connectivity index (χ3n) is 1.58. The van der Waals surface area contributed by atoms with Crippen LogP contribution in [-0.4, -0.2) is 10.3 Å². The topological polar surface area (TPSA) is 12.9 Å². The van der Waals surface area contributed by atoms with E-state index in [0.29, 0.717) is 11.8 Å². The van der Waals surface area contributed by atoms with E-state index >= 15 is 0 Å². The van der Waals surface area contributed by atoms with Crippen LogP contribution in [0, 0.1) is 0 Å². The van der Waals surface area contributed by atoms with E-state index < -0.39 is 11.7 Å². The fraction of sp³-hybridized carbons (Fsp3) is 0.375. The second-order valence-corrected chi connectivity index (χ2v) is 3.26. The fourth-order valence-electron chi connectivity index (χ4n) is 0.998. The number of alkyl halides is 4. The van der Waals surface area contributed by atoms with Crippen LogP contribution in [0.25, 0.3) is 0 Å². The summed E-state index contributed by atoms with van der Waals surface area (Å²) < 4.78 is 36.9. The van der Waals surface area contributed by atoms with Crippen LogP contribution in [0.4, 0.5) is 13.2 Å². The second kappa shape index (κ2) is 4.09. The highest BCUT2D eigenvalue weighted by atomic mass is 79.9. The van der Waals surface area contributed by atoms with E-state index in [4.69, 9.17) is 0 Å². The minimum atomic E-state index is -4.30.